The van der Waals surface area contributed by atoms with Crippen molar-refractivity contribution in [2.24, 2.45) is 0 Å². The molecule has 0 radical (unpaired) electrons. The topological polar surface area (TPSA) is 94.5 Å². The summed E-state index contributed by atoms with van der Waals surface area (Å²) in [6, 6.07) is 0. The molecule has 0 aliphatic rings. The van der Waals surface area contributed by atoms with Crippen LogP contribution in [0.4, 0.5) is 0 Å². The fourth-order valence-corrected chi connectivity index (χ4v) is 0. The lowest BCUT2D eigenvalue weighted by Gasteiger charge is -1.85. The number of hydrogen-bond donors (Lipinski definition) is 0. The van der Waals surface area contributed by atoms with Crippen molar-refractivity contribution in [3.63, 3.8) is 0 Å². The normalized spacial score (nSPS) is 7.50. The van der Waals surface area contributed by atoms with E-state index in [2.05, 4.69) is 0 Å². The summed E-state index contributed by atoms with van der Waals surface area (Å²) in [5.41, 5.74) is 0. The molecule has 0 fully saturated rings. The Labute approximate surface area is 66.2 Å². The van der Waals surface area contributed by atoms with Gasteiger partial charge in [0.05, 0.1) is 0 Å². The van der Waals surface area contributed by atoms with Gasteiger partial charge in [0.15, 0.2) is 0 Å². The quantitative estimate of drug-likeness (QED) is 0.405. The maximum absolute atomic E-state index is 4.97. The molecule has 8 heavy (non-hydrogen) atoms. The lowest BCUT2D eigenvalue weighted by Crippen LogP contribution is -1.91. The largest absolute Gasteiger partial charge is 0.440 e. The highest BCUT2D eigenvalue weighted by Gasteiger charge is 2.19. The van der Waals surface area contributed by atoms with E-state index in [1.165, 1.54) is 0 Å². The summed E-state index contributed by atoms with van der Waals surface area (Å²) >= 11 is 19.9. The Bertz CT molecular complexity index is 26.8. The van der Waals surface area contributed by atoms with Crippen LogP contribution in [0, 0.1) is 0 Å². The molecule has 0 rings (SSSR count). The smallest absolute Gasteiger partial charge is 0.412 e. The maximum atomic E-state index is 4.97. The van der Waals surface area contributed by atoms with E-state index in [-0.39, 0.29) is 16.4 Å². The predicted molar refractivity (Wildman–Crippen MR) is 40.0 cm³/mol. The van der Waals surface area contributed by atoms with Crippen molar-refractivity contribution in [3.05, 3.63) is 0 Å². The monoisotopic (exact) mass is 222 g/mol. The number of hydrogen-bond acceptors (Lipinski definition) is 0. The molecule has 0 aromatic rings. The second-order valence-electron chi connectivity index (χ2n) is 0.429. The number of rotatable bonds is 0. The molecule has 0 aliphatic carbocycles. The molecule has 0 atom stereocenters. The summed E-state index contributed by atoms with van der Waals surface area (Å²) in [5, 5.41) is -2.72. The first-order valence-electron chi connectivity index (χ1n) is 0.756. The van der Waals surface area contributed by atoms with Gasteiger partial charge in [0.2, 0.25) is 0 Å². The van der Waals surface area contributed by atoms with Gasteiger partial charge in [0, 0.05) is 0 Å². The zero-order valence-electron chi connectivity index (χ0n) is 3.51. The van der Waals surface area contributed by atoms with Crippen molar-refractivity contribution in [3.8, 4) is 0 Å². The van der Waals surface area contributed by atoms with Crippen LogP contribution in [-0.4, -0.2) is 21.7 Å². The van der Waals surface area contributed by atoms with E-state index < -0.39 is 5.31 Å². The molecule has 0 saturated heterocycles. The minimum absolute atomic E-state index is 0. The third-order valence-electron chi connectivity index (χ3n) is 0. The summed E-state index contributed by atoms with van der Waals surface area (Å²) < 4.78 is 0. The van der Waals surface area contributed by atoms with Crippen LogP contribution < -0.4 is 0 Å². The minimum atomic E-state index is -2.72. The Hall–Kier alpha value is 1.26. The molecule has 0 spiro atoms. The van der Waals surface area contributed by atoms with Crippen LogP contribution in [-0.2, 0) is 0 Å². The van der Waals surface area contributed by atoms with Crippen molar-refractivity contribution in [2.45, 2.75) is 0 Å². The van der Waals surface area contributed by atoms with Crippen molar-refractivity contribution >= 4 is 49.6 Å². The van der Waals surface area contributed by atoms with Crippen LogP contribution in [0.5, 0.6) is 0 Å². The molecule has 0 heterocycles. The third-order valence-corrected chi connectivity index (χ3v) is 0. The van der Waals surface area contributed by atoms with Crippen molar-refractivity contribution in [1.82, 2.24) is 0 Å². The van der Waals surface area contributed by atoms with Gasteiger partial charge in [-0.15, -0.1) is 44.3 Å². The van der Waals surface area contributed by atoms with E-state index in [0.29, 0.717) is 0 Å². The SMILES string of the molecule is Cl[Si](Cl)(Cl)Cl.O.O.O. The second-order valence-corrected chi connectivity index (χ2v) is 11.6. The Morgan fingerprint density at radius 2 is 0.625 bits per heavy atom. The minimum Gasteiger partial charge on any atom is -0.412 e. The zero-order chi connectivity index (χ0) is 4.50. The first-order chi connectivity index (χ1) is 2.00. The highest BCUT2D eigenvalue weighted by molar-refractivity contribution is 7.81. The molecular weight excluding hydrogens is 218 g/mol. The van der Waals surface area contributed by atoms with Gasteiger partial charge in [0.25, 0.3) is 0 Å². The van der Waals surface area contributed by atoms with Crippen LogP contribution in [0.15, 0.2) is 0 Å². The first-order valence-corrected chi connectivity index (χ1v) is 6.80. The second kappa shape index (κ2) is 8.26. The van der Waals surface area contributed by atoms with Crippen LogP contribution in [0.2, 0.25) is 0 Å². The lowest BCUT2D eigenvalue weighted by atomic mass is 16.0. The van der Waals surface area contributed by atoms with Crippen molar-refractivity contribution in [1.29, 1.82) is 0 Å². The standard InChI is InChI=1S/Cl4Si.3H2O/c1-5(2,3)4;;;/h;3*1H2. The lowest BCUT2D eigenvalue weighted by molar-refractivity contribution is 0.823. The molecule has 0 unspecified atom stereocenters. The highest BCUT2D eigenvalue weighted by Crippen LogP contribution is 2.23. The zero-order valence-corrected chi connectivity index (χ0v) is 7.54. The van der Waals surface area contributed by atoms with E-state index in [0.717, 1.165) is 0 Å². The molecule has 8 heteroatoms. The van der Waals surface area contributed by atoms with Gasteiger partial charge in [-0.2, -0.15) is 0 Å². The van der Waals surface area contributed by atoms with Gasteiger partial charge in [-0.25, -0.2) is 0 Å². The van der Waals surface area contributed by atoms with Gasteiger partial charge >= 0.3 is 5.31 Å². The van der Waals surface area contributed by atoms with Gasteiger partial charge in [0.1, 0.15) is 0 Å². The molecule has 3 nitrogen and oxygen atoms in total. The van der Waals surface area contributed by atoms with Gasteiger partial charge in [-0.3, -0.25) is 0 Å². The molecule has 0 saturated carbocycles. The fourth-order valence-electron chi connectivity index (χ4n) is 0. The Balaban J connectivity index is -0.0000000267. The molecule has 0 amide bonds. The van der Waals surface area contributed by atoms with E-state index >= 15 is 0 Å². The summed E-state index contributed by atoms with van der Waals surface area (Å²) in [7, 11) is 0. The molecular formula is H6Cl4O3Si. The summed E-state index contributed by atoms with van der Waals surface area (Å²) in [5.74, 6) is 0. The van der Waals surface area contributed by atoms with Crippen LogP contribution in [0.1, 0.15) is 0 Å². The van der Waals surface area contributed by atoms with Crippen LogP contribution >= 0.6 is 44.3 Å². The van der Waals surface area contributed by atoms with Crippen LogP contribution in [0.3, 0.4) is 0 Å². The molecule has 0 aromatic carbocycles. The van der Waals surface area contributed by atoms with Crippen molar-refractivity contribution in [2.75, 3.05) is 0 Å². The van der Waals surface area contributed by atoms with Gasteiger partial charge in [-0.05, 0) is 0 Å². The molecule has 0 bridgehead atoms. The van der Waals surface area contributed by atoms with Crippen molar-refractivity contribution < 1.29 is 16.4 Å². The van der Waals surface area contributed by atoms with E-state index in [1.54, 1.807) is 0 Å². The molecule has 6 N–H and O–H groups in total. The van der Waals surface area contributed by atoms with E-state index in [4.69, 9.17) is 44.3 Å². The average molecular weight is 224 g/mol. The van der Waals surface area contributed by atoms with E-state index in [1.807, 2.05) is 0 Å². The molecule has 0 aliphatic heterocycles. The fraction of sp³-hybridized carbons (Fsp3) is 0. The highest BCUT2D eigenvalue weighted by atomic mass is 36.0. The third kappa shape index (κ3) is 180. The van der Waals surface area contributed by atoms with Gasteiger partial charge in [-0.1, -0.05) is 0 Å². The molecule has 0 aromatic heterocycles. The molecule has 56 valence electrons. The number of halogens is 4. The Kier molecular flexibility index (Phi) is 23.6. The Morgan fingerprint density at radius 3 is 0.625 bits per heavy atom. The average Bonchev–Trinajstić information content (AvgIpc) is 0.722. The summed E-state index contributed by atoms with van der Waals surface area (Å²) in [4.78, 5) is 0. The first kappa shape index (κ1) is 22.8. The maximum Gasteiger partial charge on any atom is 0.440 e. The van der Waals surface area contributed by atoms with Gasteiger partial charge < -0.3 is 16.4 Å². The van der Waals surface area contributed by atoms with Crippen LogP contribution in [0.25, 0.3) is 0 Å². The summed E-state index contributed by atoms with van der Waals surface area (Å²) in [6.45, 7) is 0. The Morgan fingerprint density at radius 1 is 0.625 bits per heavy atom. The van der Waals surface area contributed by atoms with E-state index in [9.17, 15) is 0 Å². The summed E-state index contributed by atoms with van der Waals surface area (Å²) in [6.07, 6.45) is 0. The predicted octanol–water partition coefficient (Wildman–Crippen LogP) is -0.0969.